The van der Waals surface area contributed by atoms with Gasteiger partial charge in [-0.05, 0) is 31.0 Å². The van der Waals surface area contributed by atoms with Gasteiger partial charge in [0.2, 0.25) is 0 Å². The summed E-state index contributed by atoms with van der Waals surface area (Å²) in [5.74, 6) is -1.37. The monoisotopic (exact) mass is 362 g/mol. The molecule has 2 fully saturated rings. The molecule has 26 heavy (non-hydrogen) atoms. The summed E-state index contributed by atoms with van der Waals surface area (Å²) in [4.78, 5) is 37.3. The highest BCUT2D eigenvalue weighted by Gasteiger charge is 2.27. The Morgan fingerprint density at radius 3 is 2.81 bits per heavy atom. The van der Waals surface area contributed by atoms with E-state index in [1.165, 1.54) is 0 Å². The molecule has 1 aromatic rings. The summed E-state index contributed by atoms with van der Waals surface area (Å²) in [5.41, 5.74) is 0.970. The average molecular weight is 362 g/mol. The molecule has 0 bridgehead atoms. The summed E-state index contributed by atoms with van der Waals surface area (Å²) in [6.07, 6.45) is 0.480. The van der Waals surface area contributed by atoms with Gasteiger partial charge >= 0.3 is 5.97 Å². The van der Waals surface area contributed by atoms with E-state index in [9.17, 15) is 14.4 Å². The average Bonchev–Trinajstić information content (AvgIpc) is 3.16. The molecule has 1 aromatic carbocycles. The highest BCUT2D eigenvalue weighted by atomic mass is 16.5. The van der Waals surface area contributed by atoms with Gasteiger partial charge in [-0.25, -0.2) is 0 Å². The first-order chi connectivity index (χ1) is 12.5. The van der Waals surface area contributed by atoms with Crippen LogP contribution in [0.25, 0.3) is 0 Å². The van der Waals surface area contributed by atoms with Gasteiger partial charge < -0.3 is 24.8 Å². The number of aliphatic carboxylic acids is 1. The summed E-state index contributed by atoms with van der Waals surface area (Å²) >= 11 is 0. The molecule has 2 unspecified atom stereocenters. The lowest BCUT2D eigenvalue weighted by Gasteiger charge is -2.32. The maximum Gasteiger partial charge on any atom is 0.306 e. The van der Waals surface area contributed by atoms with E-state index in [2.05, 4.69) is 5.32 Å². The van der Waals surface area contributed by atoms with Crippen molar-refractivity contribution in [3.8, 4) is 0 Å². The minimum atomic E-state index is -0.955. The molecule has 0 aliphatic carbocycles. The number of carboxylic acid groups (broad SMARTS) is 1. The Hall–Kier alpha value is -2.45. The zero-order valence-corrected chi connectivity index (χ0v) is 14.3. The predicted octanol–water partition coefficient (Wildman–Crippen LogP) is 1.12. The van der Waals surface area contributed by atoms with Gasteiger partial charge in [-0.2, -0.15) is 0 Å². The second-order valence-electron chi connectivity index (χ2n) is 6.41. The molecule has 0 radical (unpaired) electrons. The standard InChI is InChI=1S/C18H22N2O6/c21-16(22)10-14-11-20(6-8-25-14)18(24)12-3-1-4-13(9-12)19-17(23)15-5-2-7-26-15/h1,3-4,9,14-15H,2,5-8,10-11H2,(H,19,23)(H,21,22). The van der Waals surface area contributed by atoms with Crippen LogP contribution in [0.15, 0.2) is 24.3 Å². The van der Waals surface area contributed by atoms with Crippen LogP contribution in [0.4, 0.5) is 5.69 Å². The molecule has 2 aliphatic heterocycles. The number of anilines is 1. The van der Waals surface area contributed by atoms with Crippen molar-refractivity contribution in [1.29, 1.82) is 0 Å². The number of ether oxygens (including phenoxy) is 2. The van der Waals surface area contributed by atoms with Crippen molar-refractivity contribution in [3.63, 3.8) is 0 Å². The third-order valence-electron chi connectivity index (χ3n) is 4.43. The number of hydrogen-bond donors (Lipinski definition) is 2. The first-order valence-electron chi connectivity index (χ1n) is 8.68. The number of carboxylic acids is 1. The minimum Gasteiger partial charge on any atom is -0.481 e. The molecule has 2 heterocycles. The number of amides is 2. The number of morpholine rings is 1. The molecule has 3 rings (SSSR count). The highest BCUT2D eigenvalue weighted by molar-refractivity contribution is 5.98. The van der Waals surface area contributed by atoms with Crippen molar-refractivity contribution in [3.05, 3.63) is 29.8 Å². The highest BCUT2D eigenvalue weighted by Crippen LogP contribution is 2.18. The van der Waals surface area contributed by atoms with Gasteiger partial charge in [0.05, 0.1) is 19.1 Å². The number of nitrogens with zero attached hydrogens (tertiary/aromatic N) is 1. The van der Waals surface area contributed by atoms with Gasteiger partial charge in [0.25, 0.3) is 11.8 Å². The van der Waals surface area contributed by atoms with Gasteiger partial charge in [-0.15, -0.1) is 0 Å². The second kappa shape index (κ2) is 8.29. The van der Waals surface area contributed by atoms with Crippen LogP contribution in [0.2, 0.25) is 0 Å². The van der Waals surface area contributed by atoms with Crippen LogP contribution < -0.4 is 5.32 Å². The third kappa shape index (κ3) is 4.59. The molecule has 0 saturated carbocycles. The Balaban J connectivity index is 1.64. The Morgan fingerprint density at radius 1 is 1.23 bits per heavy atom. The molecule has 2 aliphatic rings. The molecule has 140 valence electrons. The molecule has 2 atom stereocenters. The summed E-state index contributed by atoms with van der Waals surface area (Å²) in [6.45, 7) is 1.53. The summed E-state index contributed by atoms with van der Waals surface area (Å²) in [5, 5.41) is 11.7. The first-order valence-corrected chi connectivity index (χ1v) is 8.68. The van der Waals surface area contributed by atoms with Crippen molar-refractivity contribution in [1.82, 2.24) is 4.90 Å². The molecule has 2 amide bonds. The van der Waals surface area contributed by atoms with Crippen molar-refractivity contribution < 1.29 is 29.0 Å². The third-order valence-corrected chi connectivity index (χ3v) is 4.43. The van der Waals surface area contributed by atoms with Crippen molar-refractivity contribution >= 4 is 23.5 Å². The van der Waals surface area contributed by atoms with E-state index in [0.717, 1.165) is 6.42 Å². The molecule has 8 nitrogen and oxygen atoms in total. The molecule has 0 spiro atoms. The summed E-state index contributed by atoms with van der Waals surface area (Å²) in [6, 6.07) is 6.71. The zero-order chi connectivity index (χ0) is 18.5. The fourth-order valence-corrected chi connectivity index (χ4v) is 3.14. The van der Waals surface area contributed by atoms with E-state index in [1.54, 1.807) is 29.2 Å². The molecule has 2 saturated heterocycles. The summed E-state index contributed by atoms with van der Waals surface area (Å²) in [7, 11) is 0. The Bertz CT molecular complexity index is 686. The number of carbonyl (C=O) groups is 3. The summed E-state index contributed by atoms with van der Waals surface area (Å²) < 4.78 is 10.7. The lowest BCUT2D eigenvalue weighted by atomic mass is 10.1. The van der Waals surface area contributed by atoms with Gasteiger partial charge in [0, 0.05) is 30.9 Å². The smallest absolute Gasteiger partial charge is 0.306 e. The fourth-order valence-electron chi connectivity index (χ4n) is 3.14. The van der Waals surface area contributed by atoms with Gasteiger partial charge in [0.15, 0.2) is 0 Å². The SMILES string of the molecule is O=C(O)CC1CN(C(=O)c2cccc(NC(=O)C3CCCO3)c2)CCO1. The van der Waals surface area contributed by atoms with Crippen molar-refractivity contribution in [2.75, 3.05) is 31.6 Å². The largest absolute Gasteiger partial charge is 0.481 e. The molecular weight excluding hydrogens is 340 g/mol. The topological polar surface area (TPSA) is 105 Å². The van der Waals surface area contributed by atoms with Crippen LogP contribution >= 0.6 is 0 Å². The van der Waals surface area contributed by atoms with Crippen LogP contribution in [-0.2, 0) is 19.1 Å². The lowest BCUT2D eigenvalue weighted by Crippen LogP contribution is -2.46. The van der Waals surface area contributed by atoms with Gasteiger partial charge in [0.1, 0.15) is 6.10 Å². The normalized spacial score (nSPS) is 22.8. The second-order valence-corrected chi connectivity index (χ2v) is 6.41. The van der Waals surface area contributed by atoms with Crippen molar-refractivity contribution in [2.24, 2.45) is 0 Å². The van der Waals surface area contributed by atoms with E-state index in [0.29, 0.717) is 37.4 Å². The molecular formula is C18H22N2O6. The van der Waals surface area contributed by atoms with Crippen LogP contribution in [0, 0.1) is 0 Å². The lowest BCUT2D eigenvalue weighted by molar-refractivity contribution is -0.141. The quantitative estimate of drug-likeness (QED) is 0.813. The van der Waals surface area contributed by atoms with E-state index >= 15 is 0 Å². The Kier molecular flexibility index (Phi) is 5.85. The van der Waals surface area contributed by atoms with E-state index in [4.69, 9.17) is 14.6 Å². The maximum atomic E-state index is 12.7. The molecule has 8 heteroatoms. The van der Waals surface area contributed by atoms with Crippen LogP contribution in [0.5, 0.6) is 0 Å². The Labute approximate surface area is 151 Å². The van der Waals surface area contributed by atoms with Crippen LogP contribution in [-0.4, -0.2) is 66.3 Å². The van der Waals surface area contributed by atoms with Gasteiger partial charge in [-0.1, -0.05) is 6.07 Å². The van der Waals surface area contributed by atoms with Crippen LogP contribution in [0.3, 0.4) is 0 Å². The number of nitrogens with one attached hydrogen (secondary N) is 1. The first kappa shape index (κ1) is 18.3. The number of carbonyl (C=O) groups excluding carboxylic acids is 2. The maximum absolute atomic E-state index is 12.7. The van der Waals surface area contributed by atoms with Crippen molar-refractivity contribution in [2.45, 2.75) is 31.5 Å². The van der Waals surface area contributed by atoms with E-state index in [1.807, 2.05) is 0 Å². The minimum absolute atomic E-state index is 0.138. The molecule has 0 aromatic heterocycles. The number of benzene rings is 1. The van der Waals surface area contributed by atoms with Crippen LogP contribution in [0.1, 0.15) is 29.6 Å². The Morgan fingerprint density at radius 2 is 2.08 bits per heavy atom. The number of rotatable bonds is 5. The van der Waals surface area contributed by atoms with E-state index in [-0.39, 0.29) is 24.8 Å². The number of hydrogen-bond acceptors (Lipinski definition) is 5. The fraction of sp³-hybridized carbons (Fsp3) is 0.500. The molecule has 2 N–H and O–H groups in total. The van der Waals surface area contributed by atoms with Gasteiger partial charge in [-0.3, -0.25) is 14.4 Å². The predicted molar refractivity (Wildman–Crippen MR) is 91.9 cm³/mol. The van der Waals surface area contributed by atoms with E-state index < -0.39 is 18.2 Å². The zero-order valence-electron chi connectivity index (χ0n) is 14.3.